The number of hydrogen-bond donors (Lipinski definition) is 2. The van der Waals surface area contributed by atoms with Crippen LogP contribution >= 0.6 is 0 Å². The first-order chi connectivity index (χ1) is 12.8. The van der Waals surface area contributed by atoms with Crippen molar-refractivity contribution in [2.75, 3.05) is 24.9 Å². The average molecular weight is 388 g/mol. The van der Waals surface area contributed by atoms with E-state index < -0.39 is 10.0 Å². The second-order valence-electron chi connectivity index (χ2n) is 7.01. The van der Waals surface area contributed by atoms with Crippen LogP contribution in [0.3, 0.4) is 0 Å². The Labute approximate surface area is 160 Å². The molecule has 1 amide bonds. The first-order valence-electron chi connectivity index (χ1n) is 8.96. The van der Waals surface area contributed by atoms with E-state index in [1.807, 2.05) is 26.0 Å². The van der Waals surface area contributed by atoms with Gasteiger partial charge in [0.05, 0.1) is 4.90 Å². The number of carbonyl (C=O) groups is 1. The average Bonchev–Trinajstić information content (AvgIpc) is 3.17. The third-order valence-electron chi connectivity index (χ3n) is 4.96. The second-order valence-corrected chi connectivity index (χ2v) is 8.69. The molecule has 2 N–H and O–H groups in total. The fraction of sp³-hybridized carbons (Fsp3) is 0.350. The van der Waals surface area contributed by atoms with E-state index in [4.69, 9.17) is 0 Å². The number of amides is 1. The molecule has 1 fully saturated rings. The molecule has 2 aromatic rings. The van der Waals surface area contributed by atoms with E-state index in [-0.39, 0.29) is 16.8 Å². The Kier molecular flexibility index (Phi) is 5.53. The highest BCUT2D eigenvalue weighted by molar-refractivity contribution is 7.92. The minimum Gasteiger partial charge on any atom is -0.337 e. The van der Waals surface area contributed by atoms with Gasteiger partial charge in [-0.25, -0.2) is 8.42 Å². The summed E-state index contributed by atoms with van der Waals surface area (Å²) in [6.45, 7) is 5.40. The van der Waals surface area contributed by atoms with Gasteiger partial charge in [0.1, 0.15) is 0 Å². The number of aryl methyl sites for hydroxylation is 2. The highest BCUT2D eigenvalue weighted by Gasteiger charge is 2.26. The van der Waals surface area contributed by atoms with Crippen LogP contribution in [0.2, 0.25) is 0 Å². The zero-order valence-electron chi connectivity index (χ0n) is 15.8. The van der Waals surface area contributed by atoms with Crippen molar-refractivity contribution in [3.05, 3.63) is 59.2 Å². The van der Waals surface area contributed by atoms with Gasteiger partial charge in [0.2, 0.25) is 0 Å². The Morgan fingerprint density at radius 2 is 1.85 bits per heavy atom. The molecule has 0 spiro atoms. The number of rotatable bonds is 5. The van der Waals surface area contributed by atoms with Crippen LogP contribution < -0.4 is 10.0 Å². The third kappa shape index (κ3) is 4.31. The first kappa shape index (κ1) is 19.4. The van der Waals surface area contributed by atoms with Gasteiger partial charge in [0.15, 0.2) is 0 Å². The van der Waals surface area contributed by atoms with Crippen LogP contribution in [0.15, 0.2) is 47.4 Å². The minimum atomic E-state index is -3.78. The molecule has 0 bridgehead atoms. The molecule has 1 aliphatic heterocycles. The Hall–Kier alpha value is -2.38. The van der Waals surface area contributed by atoms with Gasteiger partial charge in [0.25, 0.3) is 15.9 Å². The molecule has 0 radical (unpaired) electrons. The monoisotopic (exact) mass is 387 g/mol. The smallest absolute Gasteiger partial charge is 0.261 e. The summed E-state index contributed by atoms with van der Waals surface area (Å²) in [5.41, 5.74) is 2.71. The molecule has 1 unspecified atom stereocenters. The Bertz CT molecular complexity index is 933. The van der Waals surface area contributed by atoms with Gasteiger partial charge in [-0.05, 0) is 56.6 Å². The van der Waals surface area contributed by atoms with E-state index in [2.05, 4.69) is 10.0 Å². The van der Waals surface area contributed by atoms with Crippen LogP contribution in [-0.4, -0.2) is 45.4 Å². The van der Waals surface area contributed by atoms with E-state index in [1.165, 1.54) is 12.1 Å². The molecule has 1 aliphatic rings. The van der Waals surface area contributed by atoms with Gasteiger partial charge in [-0.2, -0.15) is 0 Å². The summed E-state index contributed by atoms with van der Waals surface area (Å²) in [6.07, 6.45) is 0.897. The molecule has 0 aliphatic carbocycles. The van der Waals surface area contributed by atoms with Crippen molar-refractivity contribution in [3.8, 4) is 0 Å². The van der Waals surface area contributed by atoms with Gasteiger partial charge in [-0.3, -0.25) is 9.52 Å². The fourth-order valence-corrected chi connectivity index (χ4v) is 4.24. The summed E-state index contributed by atoms with van der Waals surface area (Å²) in [5, 5.41) is 3.24. The molecule has 0 aromatic heterocycles. The van der Waals surface area contributed by atoms with Crippen molar-refractivity contribution >= 4 is 21.6 Å². The van der Waals surface area contributed by atoms with Gasteiger partial charge >= 0.3 is 0 Å². The Morgan fingerprint density at radius 1 is 1.15 bits per heavy atom. The number of hydrogen-bond acceptors (Lipinski definition) is 4. The maximum Gasteiger partial charge on any atom is 0.261 e. The van der Waals surface area contributed by atoms with Crippen molar-refractivity contribution < 1.29 is 13.2 Å². The quantitative estimate of drug-likeness (QED) is 0.826. The number of nitrogens with one attached hydrogen (secondary N) is 2. The van der Waals surface area contributed by atoms with Gasteiger partial charge in [-0.1, -0.05) is 23.8 Å². The van der Waals surface area contributed by atoms with Gasteiger partial charge in [0, 0.05) is 30.9 Å². The summed E-state index contributed by atoms with van der Waals surface area (Å²) < 4.78 is 28.1. The summed E-state index contributed by atoms with van der Waals surface area (Å²) in [7, 11) is -2.01. The first-order valence-corrected chi connectivity index (χ1v) is 10.4. The van der Waals surface area contributed by atoms with Crippen LogP contribution in [0.25, 0.3) is 0 Å². The maximum absolute atomic E-state index is 12.9. The second kappa shape index (κ2) is 7.70. The molecule has 7 heteroatoms. The molecule has 27 heavy (non-hydrogen) atoms. The summed E-state index contributed by atoms with van der Waals surface area (Å²) in [6, 6.07) is 11.9. The molecular weight excluding hydrogens is 362 g/mol. The maximum atomic E-state index is 12.9. The van der Waals surface area contributed by atoms with Crippen molar-refractivity contribution in [2.45, 2.75) is 31.2 Å². The van der Waals surface area contributed by atoms with Crippen molar-refractivity contribution in [1.82, 2.24) is 10.2 Å². The predicted octanol–water partition coefficient (Wildman–Crippen LogP) is 2.54. The third-order valence-corrected chi connectivity index (χ3v) is 6.33. The molecule has 1 atom stereocenters. The molecule has 1 heterocycles. The highest BCUT2D eigenvalue weighted by Crippen LogP contribution is 2.21. The number of carbonyl (C=O) groups excluding carboxylic acids is 1. The van der Waals surface area contributed by atoms with E-state index in [1.54, 1.807) is 30.1 Å². The van der Waals surface area contributed by atoms with Crippen LogP contribution in [0, 0.1) is 13.8 Å². The fourth-order valence-electron chi connectivity index (χ4n) is 3.16. The molecule has 1 saturated heterocycles. The van der Waals surface area contributed by atoms with Gasteiger partial charge in [-0.15, -0.1) is 0 Å². The van der Waals surface area contributed by atoms with Crippen molar-refractivity contribution in [3.63, 3.8) is 0 Å². The van der Waals surface area contributed by atoms with Crippen LogP contribution in [-0.2, 0) is 10.0 Å². The topological polar surface area (TPSA) is 78.5 Å². The lowest BCUT2D eigenvalue weighted by Crippen LogP contribution is -2.38. The SMILES string of the molecule is Cc1ccc(NS(=O)(=O)c2ccc(C)c(C(=O)N(C)C3CCNC3)c2)cc1. The summed E-state index contributed by atoms with van der Waals surface area (Å²) >= 11 is 0. The van der Waals surface area contributed by atoms with E-state index >= 15 is 0 Å². The number of nitrogens with zero attached hydrogens (tertiary/aromatic N) is 1. The zero-order chi connectivity index (χ0) is 19.6. The minimum absolute atomic E-state index is 0.0787. The standard InChI is InChI=1S/C20H25N3O3S/c1-14-4-7-16(8-5-14)22-27(25,26)18-9-6-15(2)19(12-18)20(24)23(3)17-10-11-21-13-17/h4-9,12,17,21-22H,10-11,13H2,1-3H3. The predicted molar refractivity (Wildman–Crippen MR) is 107 cm³/mol. The molecule has 144 valence electrons. The highest BCUT2D eigenvalue weighted by atomic mass is 32.2. The van der Waals surface area contributed by atoms with Crippen LogP contribution in [0.5, 0.6) is 0 Å². The zero-order valence-corrected chi connectivity index (χ0v) is 16.6. The lowest BCUT2D eigenvalue weighted by Gasteiger charge is -2.24. The number of likely N-dealkylation sites (N-methyl/N-ethyl adjacent to an activating group) is 1. The van der Waals surface area contributed by atoms with E-state index in [9.17, 15) is 13.2 Å². The largest absolute Gasteiger partial charge is 0.337 e. The normalized spacial score (nSPS) is 16.9. The lowest BCUT2D eigenvalue weighted by molar-refractivity contribution is 0.0743. The van der Waals surface area contributed by atoms with Crippen LogP contribution in [0.4, 0.5) is 5.69 Å². The molecule has 6 nitrogen and oxygen atoms in total. The number of sulfonamides is 1. The Morgan fingerprint density at radius 3 is 2.48 bits per heavy atom. The molecular formula is C20H25N3O3S. The Balaban J connectivity index is 1.87. The van der Waals surface area contributed by atoms with Gasteiger partial charge < -0.3 is 10.2 Å². The van der Waals surface area contributed by atoms with Crippen LogP contribution in [0.1, 0.15) is 27.9 Å². The molecule has 3 rings (SSSR count). The lowest BCUT2D eigenvalue weighted by atomic mass is 10.1. The number of anilines is 1. The molecule has 2 aromatic carbocycles. The summed E-state index contributed by atoms with van der Waals surface area (Å²) in [4.78, 5) is 14.7. The molecule has 0 saturated carbocycles. The van der Waals surface area contributed by atoms with E-state index in [0.29, 0.717) is 11.3 Å². The summed E-state index contributed by atoms with van der Waals surface area (Å²) in [5.74, 6) is -0.159. The van der Waals surface area contributed by atoms with Crippen molar-refractivity contribution in [1.29, 1.82) is 0 Å². The van der Waals surface area contributed by atoms with Crippen molar-refractivity contribution in [2.24, 2.45) is 0 Å². The van der Waals surface area contributed by atoms with E-state index in [0.717, 1.165) is 30.6 Å². The number of benzene rings is 2.